The summed E-state index contributed by atoms with van der Waals surface area (Å²) in [6.07, 6.45) is 1.49. The molecule has 0 saturated carbocycles. The fourth-order valence-electron chi connectivity index (χ4n) is 0.151. The van der Waals surface area contributed by atoms with E-state index in [4.69, 9.17) is 0 Å². The van der Waals surface area contributed by atoms with Crippen LogP contribution in [0.5, 0.6) is 0 Å². The third-order valence-corrected chi connectivity index (χ3v) is 0.476. The van der Waals surface area contributed by atoms with Crippen LogP contribution in [-0.4, -0.2) is 6.61 Å². The van der Waals surface area contributed by atoms with Crippen molar-refractivity contribution in [2.24, 2.45) is 0 Å². The molecule has 28 valence electrons. The van der Waals surface area contributed by atoms with E-state index >= 15 is 0 Å². The Kier molecular flexibility index (Phi) is 0.330. The molecule has 0 saturated heterocycles. The Balaban J connectivity index is 2.51. The normalized spacial score (nSPS) is 18.8. The molecule has 5 heavy (non-hydrogen) atoms. The van der Waals surface area contributed by atoms with E-state index < -0.39 is 0 Å². The van der Waals surface area contributed by atoms with Crippen molar-refractivity contribution < 1.29 is 9.84 Å². The van der Waals surface area contributed by atoms with Crippen LogP contribution >= 0.6 is 0 Å². The molecule has 0 atom stereocenters. The quantitative estimate of drug-likeness (QED) is 0.375. The zero-order valence-corrected chi connectivity index (χ0v) is 2.60. The average Bonchev–Trinajstić information content (AvgIpc) is 1.30. The minimum absolute atomic E-state index is 0.190. The van der Waals surface area contributed by atoms with Crippen molar-refractivity contribution in [1.29, 1.82) is 0 Å². The Hall–Kier alpha value is -0.660. The van der Waals surface area contributed by atoms with Crippen LogP contribution in [0.3, 0.4) is 0 Å². The summed E-state index contributed by atoms with van der Waals surface area (Å²) in [4.78, 5) is 0. The first-order valence-corrected chi connectivity index (χ1v) is 1.39. The summed E-state index contributed by atoms with van der Waals surface area (Å²) in [5, 5.41) is 9.62. The van der Waals surface area contributed by atoms with Gasteiger partial charge in [0.2, 0.25) is 0 Å². The van der Waals surface area contributed by atoms with E-state index in [1.165, 1.54) is 6.08 Å². The first kappa shape index (κ1) is 2.57. The first-order chi connectivity index (χ1) is 2.39. The number of rotatable bonds is 0. The van der Waals surface area contributed by atoms with Gasteiger partial charge in [0.1, 0.15) is 0 Å². The molecule has 0 bridgehead atoms. The van der Waals surface area contributed by atoms with Crippen molar-refractivity contribution in [2.75, 3.05) is 6.61 Å². The largest absolute Gasteiger partial charge is 0.609 e. The van der Waals surface area contributed by atoms with Crippen LogP contribution in [0, 0.1) is 0 Å². The molecule has 1 aliphatic heterocycles. The average molecular weight is 71.1 g/mol. The Morgan fingerprint density at radius 2 is 2.40 bits per heavy atom. The maximum absolute atomic E-state index is 9.62. The van der Waals surface area contributed by atoms with E-state index in [1.807, 2.05) is 0 Å². The Morgan fingerprint density at radius 1 is 2.00 bits per heavy atom. The summed E-state index contributed by atoms with van der Waals surface area (Å²) in [7, 11) is 0. The lowest BCUT2D eigenvalue weighted by Gasteiger charge is -2.21. The van der Waals surface area contributed by atoms with Gasteiger partial charge in [-0.15, -0.1) is 0 Å². The maximum atomic E-state index is 9.62. The lowest BCUT2D eigenvalue weighted by atomic mass is 10.6. The molecule has 0 radical (unpaired) electrons. The van der Waals surface area contributed by atoms with Crippen LogP contribution < -0.4 is 5.11 Å². The van der Waals surface area contributed by atoms with E-state index in [0.29, 0.717) is 6.61 Å². The molecule has 0 N–H and O–H groups in total. The fraction of sp³-hybridized carbons (Fsp3) is 0.333. The van der Waals surface area contributed by atoms with E-state index in [2.05, 4.69) is 4.74 Å². The Morgan fingerprint density at radius 3 is 2.40 bits per heavy atom. The highest BCUT2D eigenvalue weighted by molar-refractivity contribution is 4.88. The third-order valence-electron chi connectivity index (χ3n) is 0.476. The first-order valence-electron chi connectivity index (χ1n) is 1.39. The van der Waals surface area contributed by atoms with Crippen LogP contribution in [-0.2, 0) is 4.74 Å². The second-order valence-electron chi connectivity index (χ2n) is 0.834. The maximum Gasteiger partial charge on any atom is 0.0483 e. The van der Waals surface area contributed by atoms with Crippen molar-refractivity contribution >= 4 is 0 Å². The molecule has 0 fully saturated rings. The molecular weight excluding hydrogens is 68.0 g/mol. The topological polar surface area (TPSA) is 32.3 Å². The van der Waals surface area contributed by atoms with Crippen molar-refractivity contribution in [2.45, 2.75) is 0 Å². The van der Waals surface area contributed by atoms with Crippen molar-refractivity contribution in [3.8, 4) is 0 Å². The molecule has 0 aromatic heterocycles. The van der Waals surface area contributed by atoms with Crippen molar-refractivity contribution in [1.82, 2.24) is 0 Å². The van der Waals surface area contributed by atoms with Gasteiger partial charge in [0, 0.05) is 12.6 Å². The summed E-state index contributed by atoms with van der Waals surface area (Å²) in [6.45, 7) is 0.513. The van der Waals surface area contributed by atoms with Crippen LogP contribution in [0.4, 0.5) is 0 Å². The molecular formula is C3H3O2-. The van der Waals surface area contributed by atoms with Crippen LogP contribution in [0.2, 0.25) is 0 Å². The molecule has 2 heteroatoms. The lowest BCUT2D eigenvalue weighted by molar-refractivity contribution is -0.368. The van der Waals surface area contributed by atoms with Gasteiger partial charge in [0.25, 0.3) is 0 Å². The van der Waals surface area contributed by atoms with E-state index in [9.17, 15) is 5.11 Å². The second kappa shape index (κ2) is 0.641. The van der Waals surface area contributed by atoms with Gasteiger partial charge in [-0.1, -0.05) is 6.08 Å². The molecule has 1 rings (SSSR count). The molecule has 0 aromatic carbocycles. The van der Waals surface area contributed by atoms with Gasteiger partial charge < -0.3 is 9.84 Å². The van der Waals surface area contributed by atoms with Crippen LogP contribution in [0.1, 0.15) is 0 Å². The molecule has 0 spiro atoms. The van der Waals surface area contributed by atoms with Gasteiger partial charge in [-0.2, -0.15) is 0 Å². The van der Waals surface area contributed by atoms with E-state index in [-0.39, 0.29) is 5.95 Å². The van der Waals surface area contributed by atoms with E-state index in [1.54, 1.807) is 0 Å². The Bertz CT molecular complexity index is 65.3. The molecule has 0 unspecified atom stereocenters. The molecule has 0 aliphatic carbocycles. The number of hydrogen-bond donors (Lipinski definition) is 0. The molecule has 1 heterocycles. The SMILES string of the molecule is [O-]C1=CCO1. The lowest BCUT2D eigenvalue weighted by Crippen LogP contribution is -2.16. The van der Waals surface area contributed by atoms with Gasteiger partial charge >= 0.3 is 0 Å². The summed E-state index contributed by atoms with van der Waals surface area (Å²) in [5.41, 5.74) is 0. The second-order valence-corrected chi connectivity index (χ2v) is 0.834. The highest BCUT2D eigenvalue weighted by Gasteiger charge is 1.84. The molecule has 2 nitrogen and oxygen atoms in total. The molecule has 0 amide bonds. The highest BCUT2D eigenvalue weighted by Crippen LogP contribution is 1.96. The van der Waals surface area contributed by atoms with Gasteiger partial charge in [-0.05, 0) is 0 Å². The standard InChI is InChI=1S/C3H4O2/c4-3-1-2-5-3/h1,4H,2H2/p-1. The zero-order chi connectivity index (χ0) is 3.70. The number of ether oxygens (including phenoxy) is 1. The minimum Gasteiger partial charge on any atom is -0.609 e. The predicted octanol–water partition coefficient (Wildman–Crippen LogP) is -0.782. The number of hydrogen-bond acceptors (Lipinski definition) is 2. The smallest absolute Gasteiger partial charge is 0.0483 e. The summed E-state index contributed by atoms with van der Waals surface area (Å²) >= 11 is 0. The molecule has 0 aromatic rings. The fourth-order valence-corrected chi connectivity index (χ4v) is 0.151. The Labute approximate surface area is 29.7 Å². The summed E-state index contributed by atoms with van der Waals surface area (Å²) in [5.74, 6) is -0.190. The van der Waals surface area contributed by atoms with Crippen molar-refractivity contribution in [3.05, 3.63) is 12.0 Å². The van der Waals surface area contributed by atoms with E-state index in [0.717, 1.165) is 0 Å². The van der Waals surface area contributed by atoms with Gasteiger partial charge in [0.15, 0.2) is 0 Å². The van der Waals surface area contributed by atoms with Gasteiger partial charge in [0.05, 0.1) is 0 Å². The van der Waals surface area contributed by atoms with Gasteiger partial charge in [-0.3, -0.25) is 0 Å². The predicted molar refractivity (Wildman–Crippen MR) is 14.0 cm³/mol. The van der Waals surface area contributed by atoms with Crippen LogP contribution in [0.25, 0.3) is 0 Å². The monoisotopic (exact) mass is 71.0 g/mol. The third kappa shape index (κ3) is 0.210. The van der Waals surface area contributed by atoms with Gasteiger partial charge in [-0.25, -0.2) is 0 Å². The minimum atomic E-state index is -0.190. The highest BCUT2D eigenvalue weighted by atomic mass is 16.6. The zero-order valence-electron chi connectivity index (χ0n) is 2.60. The van der Waals surface area contributed by atoms with Crippen LogP contribution in [0.15, 0.2) is 12.0 Å². The summed E-state index contributed by atoms with van der Waals surface area (Å²) < 4.78 is 4.24. The van der Waals surface area contributed by atoms with Crippen molar-refractivity contribution in [3.63, 3.8) is 0 Å². The molecule has 1 aliphatic rings. The summed E-state index contributed by atoms with van der Waals surface area (Å²) in [6, 6.07) is 0.